The van der Waals surface area contributed by atoms with Gasteiger partial charge >= 0.3 is 0 Å². The Morgan fingerprint density at radius 3 is 1.71 bits per heavy atom. The van der Waals surface area contributed by atoms with Crippen molar-refractivity contribution in [3.8, 4) is 11.8 Å². The molecule has 0 heterocycles. The fourth-order valence-corrected chi connectivity index (χ4v) is 3.08. The van der Waals surface area contributed by atoms with E-state index in [1.807, 2.05) is 7.11 Å². The molecule has 0 aromatic rings. The Kier molecular flexibility index (Phi) is 4.92. The zero-order valence-electron chi connectivity index (χ0n) is 11.4. The number of methoxy groups -OCH3 is 1. The Labute approximate surface area is 106 Å². The summed E-state index contributed by atoms with van der Waals surface area (Å²) in [6, 6.07) is 0. The highest BCUT2D eigenvalue weighted by molar-refractivity contribution is 5.09. The summed E-state index contributed by atoms with van der Waals surface area (Å²) >= 11 is 0. The zero-order chi connectivity index (χ0) is 12.1. The van der Waals surface area contributed by atoms with Gasteiger partial charge in [0.1, 0.15) is 0 Å². The van der Waals surface area contributed by atoms with Gasteiger partial charge in [0.25, 0.3) is 0 Å². The Balaban J connectivity index is 1.74. The van der Waals surface area contributed by atoms with Gasteiger partial charge in [-0.1, -0.05) is 18.8 Å². The lowest BCUT2D eigenvalue weighted by Gasteiger charge is -2.25. The Hall–Kier alpha value is -0.480. The summed E-state index contributed by atoms with van der Waals surface area (Å²) in [4.78, 5) is 0. The molecule has 96 valence electrons. The Morgan fingerprint density at radius 2 is 1.24 bits per heavy atom. The van der Waals surface area contributed by atoms with Crippen LogP contribution in [-0.4, -0.2) is 13.2 Å². The smallest absolute Gasteiger partial charge is 0.0572 e. The number of ether oxygens (including phenoxy) is 1. The second-order valence-corrected chi connectivity index (χ2v) is 5.95. The largest absolute Gasteiger partial charge is 0.381 e. The average Bonchev–Trinajstić information content (AvgIpc) is 2.39. The van der Waals surface area contributed by atoms with E-state index in [1.165, 1.54) is 51.4 Å². The first-order valence-electron chi connectivity index (χ1n) is 7.31. The molecule has 0 saturated heterocycles. The lowest BCUT2D eigenvalue weighted by molar-refractivity contribution is 0.0636. The molecule has 17 heavy (non-hydrogen) atoms. The van der Waals surface area contributed by atoms with Crippen molar-refractivity contribution in [1.29, 1.82) is 0 Å². The molecule has 0 atom stereocenters. The van der Waals surface area contributed by atoms with E-state index in [9.17, 15) is 0 Å². The highest BCUT2D eigenvalue weighted by atomic mass is 16.5. The van der Waals surface area contributed by atoms with Crippen molar-refractivity contribution in [2.24, 2.45) is 17.8 Å². The number of hydrogen-bond donors (Lipinski definition) is 0. The van der Waals surface area contributed by atoms with Crippen LogP contribution < -0.4 is 0 Å². The van der Waals surface area contributed by atoms with E-state index < -0.39 is 0 Å². The van der Waals surface area contributed by atoms with Gasteiger partial charge in [-0.05, 0) is 57.3 Å². The minimum absolute atomic E-state index is 0.503. The predicted octanol–water partition coefficient (Wildman–Crippen LogP) is 4.02. The molecule has 0 unspecified atom stereocenters. The third-order valence-corrected chi connectivity index (χ3v) is 4.51. The van der Waals surface area contributed by atoms with Crippen LogP contribution in [-0.2, 0) is 4.74 Å². The molecule has 2 rings (SSSR count). The maximum absolute atomic E-state index is 5.40. The van der Waals surface area contributed by atoms with Gasteiger partial charge in [0.2, 0.25) is 0 Å². The van der Waals surface area contributed by atoms with Crippen LogP contribution in [0.2, 0.25) is 0 Å². The summed E-state index contributed by atoms with van der Waals surface area (Å²) in [5.41, 5.74) is 0. The van der Waals surface area contributed by atoms with Crippen LogP contribution in [0.1, 0.15) is 58.3 Å². The lowest BCUT2D eigenvalue weighted by Crippen LogP contribution is -2.19. The molecule has 1 heteroatoms. The molecule has 0 spiro atoms. The predicted molar refractivity (Wildman–Crippen MR) is 71.7 cm³/mol. The third kappa shape index (κ3) is 4.03. The van der Waals surface area contributed by atoms with Crippen molar-refractivity contribution in [2.75, 3.05) is 7.11 Å². The van der Waals surface area contributed by atoms with Crippen molar-refractivity contribution in [1.82, 2.24) is 0 Å². The minimum atomic E-state index is 0.503. The molecule has 2 fully saturated rings. The maximum Gasteiger partial charge on any atom is 0.0572 e. The monoisotopic (exact) mass is 234 g/mol. The number of rotatable bonds is 1. The molecule has 0 bridgehead atoms. The first-order chi connectivity index (χ1) is 8.28. The van der Waals surface area contributed by atoms with Gasteiger partial charge in [-0.3, -0.25) is 0 Å². The normalized spacial score (nSPS) is 38.2. The molecular weight excluding hydrogens is 208 g/mol. The molecule has 2 aliphatic carbocycles. The van der Waals surface area contributed by atoms with E-state index in [1.54, 1.807) is 0 Å². The fourth-order valence-electron chi connectivity index (χ4n) is 3.08. The number of hydrogen-bond acceptors (Lipinski definition) is 1. The molecular formula is C16H26O. The summed E-state index contributed by atoms with van der Waals surface area (Å²) in [5, 5.41) is 0. The Morgan fingerprint density at radius 1 is 0.765 bits per heavy atom. The van der Waals surface area contributed by atoms with Crippen molar-refractivity contribution >= 4 is 0 Å². The Bertz CT molecular complexity index is 270. The minimum Gasteiger partial charge on any atom is -0.381 e. The standard InChI is InChI=1S/C16H26O/c1-13-3-5-14(6-4-13)7-8-15-9-11-16(17-2)12-10-15/h13-16H,3-6,9-12H2,1-2H3. The average molecular weight is 234 g/mol. The van der Waals surface area contributed by atoms with Crippen LogP contribution >= 0.6 is 0 Å². The van der Waals surface area contributed by atoms with E-state index in [0.717, 1.165) is 5.92 Å². The third-order valence-electron chi connectivity index (χ3n) is 4.51. The highest BCUT2D eigenvalue weighted by Gasteiger charge is 2.20. The topological polar surface area (TPSA) is 9.23 Å². The van der Waals surface area contributed by atoms with Gasteiger partial charge in [0.05, 0.1) is 6.10 Å². The zero-order valence-corrected chi connectivity index (χ0v) is 11.4. The first-order valence-corrected chi connectivity index (χ1v) is 7.31. The van der Waals surface area contributed by atoms with Crippen molar-refractivity contribution in [3.63, 3.8) is 0 Å². The van der Waals surface area contributed by atoms with E-state index in [2.05, 4.69) is 18.8 Å². The SMILES string of the molecule is COC1CCC(C#CC2CCC(C)CC2)CC1. The van der Waals surface area contributed by atoms with Crippen LogP contribution in [0.15, 0.2) is 0 Å². The van der Waals surface area contributed by atoms with E-state index in [0.29, 0.717) is 17.9 Å². The van der Waals surface area contributed by atoms with Crippen molar-refractivity contribution in [2.45, 2.75) is 64.4 Å². The van der Waals surface area contributed by atoms with Crippen LogP contribution in [0.25, 0.3) is 0 Å². The fraction of sp³-hybridized carbons (Fsp3) is 0.875. The summed E-state index contributed by atoms with van der Waals surface area (Å²) in [6.45, 7) is 2.37. The van der Waals surface area contributed by atoms with Gasteiger partial charge in [0.15, 0.2) is 0 Å². The summed E-state index contributed by atoms with van der Waals surface area (Å²) < 4.78 is 5.40. The molecule has 0 aromatic heterocycles. The molecule has 2 saturated carbocycles. The molecule has 2 aliphatic rings. The van der Waals surface area contributed by atoms with Crippen molar-refractivity contribution in [3.05, 3.63) is 0 Å². The molecule has 0 aromatic carbocycles. The summed E-state index contributed by atoms with van der Waals surface area (Å²) in [6.07, 6.45) is 10.8. The van der Waals surface area contributed by atoms with E-state index in [4.69, 9.17) is 4.74 Å². The van der Waals surface area contributed by atoms with Crippen LogP contribution in [0.4, 0.5) is 0 Å². The first kappa shape index (κ1) is 13.0. The van der Waals surface area contributed by atoms with Gasteiger partial charge in [-0.15, -0.1) is 0 Å². The quantitative estimate of drug-likeness (QED) is 0.623. The maximum atomic E-state index is 5.40. The van der Waals surface area contributed by atoms with E-state index in [-0.39, 0.29) is 0 Å². The second-order valence-electron chi connectivity index (χ2n) is 5.95. The summed E-state index contributed by atoms with van der Waals surface area (Å²) in [5.74, 6) is 9.39. The second kappa shape index (κ2) is 6.45. The summed E-state index contributed by atoms with van der Waals surface area (Å²) in [7, 11) is 1.83. The van der Waals surface area contributed by atoms with Crippen LogP contribution in [0.5, 0.6) is 0 Å². The van der Waals surface area contributed by atoms with Gasteiger partial charge < -0.3 is 4.74 Å². The van der Waals surface area contributed by atoms with Gasteiger partial charge in [-0.2, -0.15) is 0 Å². The lowest BCUT2D eigenvalue weighted by atomic mass is 9.82. The molecule has 0 radical (unpaired) electrons. The molecule has 0 N–H and O–H groups in total. The van der Waals surface area contributed by atoms with Crippen LogP contribution in [0.3, 0.4) is 0 Å². The molecule has 0 aliphatic heterocycles. The molecule has 1 nitrogen and oxygen atoms in total. The van der Waals surface area contributed by atoms with Crippen LogP contribution in [0, 0.1) is 29.6 Å². The van der Waals surface area contributed by atoms with Gasteiger partial charge in [-0.25, -0.2) is 0 Å². The van der Waals surface area contributed by atoms with E-state index >= 15 is 0 Å². The van der Waals surface area contributed by atoms with Gasteiger partial charge in [0, 0.05) is 18.9 Å². The van der Waals surface area contributed by atoms with Crippen molar-refractivity contribution < 1.29 is 4.74 Å². The highest BCUT2D eigenvalue weighted by Crippen LogP contribution is 2.29. The molecule has 0 amide bonds.